The van der Waals surface area contributed by atoms with Gasteiger partial charge in [0, 0.05) is 33.0 Å². The molecule has 1 aliphatic rings. The molecule has 1 aromatic carbocycles. The molecule has 2 heterocycles. The topological polar surface area (TPSA) is 50.3 Å². The highest BCUT2D eigenvalue weighted by molar-refractivity contribution is 6.76. The summed E-state index contributed by atoms with van der Waals surface area (Å²) in [5, 5.41) is 2.93. The van der Waals surface area contributed by atoms with Crippen molar-refractivity contribution in [1.82, 2.24) is 9.78 Å². The molecule has 0 aliphatic carbocycles. The van der Waals surface area contributed by atoms with Crippen LogP contribution in [0.2, 0.25) is 25.7 Å². The minimum atomic E-state index is -1.10. The Hall–Kier alpha value is -1.79. The molecule has 1 aromatic heterocycles. The lowest BCUT2D eigenvalue weighted by Gasteiger charge is -2.27. The van der Waals surface area contributed by atoms with Crippen LogP contribution >= 0.6 is 0 Å². The van der Waals surface area contributed by atoms with Gasteiger partial charge in [0.2, 0.25) is 0 Å². The van der Waals surface area contributed by atoms with Crippen LogP contribution in [-0.2, 0) is 18.0 Å². The maximum absolute atomic E-state index is 12.3. The Morgan fingerprint density at radius 1 is 1.26 bits per heavy atom. The second-order valence-corrected chi connectivity index (χ2v) is 13.0. The molecule has 0 unspecified atom stereocenters. The SMILES string of the molecule is CN1Cc2c(n(COCC[Si](C)(C)C)[nH]c2=O)-c2ccccc21. The number of anilines is 1. The van der Waals surface area contributed by atoms with Gasteiger partial charge in [-0.05, 0) is 12.1 Å². The zero-order chi connectivity index (χ0) is 16.6. The molecular formula is C17H25N3O2Si. The zero-order valence-corrected chi connectivity index (χ0v) is 15.3. The molecule has 23 heavy (non-hydrogen) atoms. The van der Waals surface area contributed by atoms with E-state index in [9.17, 15) is 4.79 Å². The number of ether oxygens (including phenoxy) is 1. The van der Waals surface area contributed by atoms with Crippen molar-refractivity contribution in [3.05, 3.63) is 40.2 Å². The fourth-order valence-corrected chi connectivity index (χ4v) is 3.69. The van der Waals surface area contributed by atoms with E-state index in [2.05, 4.69) is 41.8 Å². The van der Waals surface area contributed by atoms with Crippen LogP contribution in [0.5, 0.6) is 0 Å². The third kappa shape index (κ3) is 3.28. The number of nitrogens with zero attached hydrogens (tertiary/aromatic N) is 2. The average molecular weight is 331 g/mol. The van der Waals surface area contributed by atoms with Crippen molar-refractivity contribution >= 4 is 13.8 Å². The van der Waals surface area contributed by atoms with Crippen molar-refractivity contribution in [1.29, 1.82) is 0 Å². The first-order valence-corrected chi connectivity index (χ1v) is 11.8. The van der Waals surface area contributed by atoms with E-state index in [-0.39, 0.29) is 5.56 Å². The van der Waals surface area contributed by atoms with E-state index in [1.54, 1.807) is 0 Å². The monoisotopic (exact) mass is 331 g/mol. The summed E-state index contributed by atoms with van der Waals surface area (Å²) < 4.78 is 7.69. The third-order valence-electron chi connectivity index (χ3n) is 4.25. The van der Waals surface area contributed by atoms with Crippen molar-refractivity contribution in [2.24, 2.45) is 0 Å². The summed E-state index contributed by atoms with van der Waals surface area (Å²) >= 11 is 0. The average Bonchev–Trinajstić information content (AvgIpc) is 2.80. The number of rotatable bonds is 5. The number of para-hydroxylation sites is 1. The second-order valence-electron chi connectivity index (χ2n) is 7.42. The standard InChI is InChI=1S/C17H25N3O2Si/c1-19-11-14-16(13-7-5-6-8-15(13)19)20(18-17(14)21)12-22-9-10-23(2,3)4/h5-8H,9-12H2,1-4H3,(H,18,21). The molecule has 124 valence electrons. The highest BCUT2D eigenvalue weighted by atomic mass is 28.3. The molecule has 0 fully saturated rings. The first-order valence-electron chi connectivity index (χ1n) is 8.07. The van der Waals surface area contributed by atoms with Gasteiger partial charge in [-0.3, -0.25) is 14.6 Å². The molecule has 1 aliphatic heterocycles. The second kappa shape index (κ2) is 6.01. The van der Waals surface area contributed by atoms with Gasteiger partial charge in [-0.15, -0.1) is 0 Å². The molecular weight excluding hydrogens is 306 g/mol. The molecule has 0 saturated carbocycles. The van der Waals surface area contributed by atoms with Gasteiger partial charge in [0.1, 0.15) is 6.73 Å². The highest BCUT2D eigenvalue weighted by Gasteiger charge is 2.26. The van der Waals surface area contributed by atoms with Crippen LogP contribution in [0, 0.1) is 0 Å². The largest absolute Gasteiger partial charge is 0.369 e. The molecule has 6 heteroatoms. The van der Waals surface area contributed by atoms with Crippen LogP contribution in [0.25, 0.3) is 11.3 Å². The lowest BCUT2D eigenvalue weighted by atomic mass is 10.0. The Balaban J connectivity index is 1.86. The Kier molecular flexibility index (Phi) is 4.20. The molecule has 0 atom stereocenters. The smallest absolute Gasteiger partial charge is 0.269 e. The van der Waals surface area contributed by atoms with Gasteiger partial charge in [-0.25, -0.2) is 0 Å². The number of aromatic amines is 1. The van der Waals surface area contributed by atoms with Crippen molar-refractivity contribution in [2.45, 2.75) is 39.0 Å². The van der Waals surface area contributed by atoms with Crippen LogP contribution in [0.4, 0.5) is 5.69 Å². The normalized spacial score (nSPS) is 13.8. The van der Waals surface area contributed by atoms with Gasteiger partial charge in [0.15, 0.2) is 0 Å². The number of H-pyrrole nitrogens is 1. The molecule has 0 amide bonds. The zero-order valence-electron chi connectivity index (χ0n) is 14.3. The quantitative estimate of drug-likeness (QED) is 0.676. The first kappa shape index (κ1) is 16.1. The fraction of sp³-hybridized carbons (Fsp3) is 0.471. The van der Waals surface area contributed by atoms with E-state index in [4.69, 9.17) is 4.74 Å². The molecule has 0 radical (unpaired) electrons. The molecule has 3 rings (SSSR count). The number of benzene rings is 1. The maximum atomic E-state index is 12.3. The van der Waals surface area contributed by atoms with Crippen molar-refractivity contribution < 1.29 is 4.74 Å². The van der Waals surface area contributed by atoms with Gasteiger partial charge >= 0.3 is 0 Å². The van der Waals surface area contributed by atoms with E-state index in [1.807, 2.05) is 23.9 Å². The number of aromatic nitrogens is 2. The molecule has 2 aromatic rings. The lowest BCUT2D eigenvalue weighted by Crippen LogP contribution is -2.25. The highest BCUT2D eigenvalue weighted by Crippen LogP contribution is 2.36. The predicted octanol–water partition coefficient (Wildman–Crippen LogP) is 3.11. The third-order valence-corrected chi connectivity index (χ3v) is 5.95. The summed E-state index contributed by atoms with van der Waals surface area (Å²) in [4.78, 5) is 14.4. The summed E-state index contributed by atoms with van der Waals surface area (Å²) in [5.41, 5.74) is 4.00. The maximum Gasteiger partial charge on any atom is 0.269 e. The van der Waals surface area contributed by atoms with E-state index >= 15 is 0 Å². The predicted molar refractivity (Wildman–Crippen MR) is 96.7 cm³/mol. The van der Waals surface area contributed by atoms with Gasteiger partial charge in [0.25, 0.3) is 5.56 Å². The Bertz CT molecular complexity index is 758. The van der Waals surface area contributed by atoms with Crippen LogP contribution in [0.15, 0.2) is 29.1 Å². The molecule has 5 nitrogen and oxygen atoms in total. The summed E-state index contributed by atoms with van der Waals surface area (Å²) in [6.07, 6.45) is 0. The van der Waals surface area contributed by atoms with Gasteiger partial charge < -0.3 is 9.64 Å². The van der Waals surface area contributed by atoms with E-state index in [0.717, 1.165) is 35.2 Å². The van der Waals surface area contributed by atoms with E-state index in [1.165, 1.54) is 0 Å². The van der Waals surface area contributed by atoms with Gasteiger partial charge in [-0.2, -0.15) is 0 Å². The van der Waals surface area contributed by atoms with Crippen LogP contribution in [0.3, 0.4) is 0 Å². The molecule has 1 N–H and O–H groups in total. The Morgan fingerprint density at radius 2 is 2.00 bits per heavy atom. The summed E-state index contributed by atoms with van der Waals surface area (Å²) in [6, 6.07) is 9.32. The van der Waals surface area contributed by atoms with Crippen LogP contribution in [0.1, 0.15) is 5.56 Å². The number of nitrogens with one attached hydrogen (secondary N) is 1. The number of fused-ring (bicyclic) bond motifs is 3. The molecule has 0 saturated heterocycles. The van der Waals surface area contributed by atoms with E-state index in [0.29, 0.717) is 13.3 Å². The van der Waals surface area contributed by atoms with E-state index < -0.39 is 8.07 Å². The van der Waals surface area contributed by atoms with Crippen molar-refractivity contribution in [2.75, 3.05) is 18.6 Å². The fourth-order valence-electron chi connectivity index (χ4n) is 2.93. The summed E-state index contributed by atoms with van der Waals surface area (Å²) in [6.45, 7) is 8.77. The van der Waals surface area contributed by atoms with Crippen LogP contribution in [-0.4, -0.2) is 31.5 Å². The van der Waals surface area contributed by atoms with Gasteiger partial charge in [0.05, 0.1) is 17.8 Å². The van der Waals surface area contributed by atoms with Gasteiger partial charge in [-0.1, -0.05) is 37.8 Å². The van der Waals surface area contributed by atoms with Crippen molar-refractivity contribution in [3.63, 3.8) is 0 Å². The summed E-state index contributed by atoms with van der Waals surface area (Å²) in [7, 11) is 0.919. The Morgan fingerprint density at radius 3 is 2.74 bits per heavy atom. The minimum absolute atomic E-state index is 0.0184. The number of hydrogen-bond acceptors (Lipinski definition) is 3. The number of hydrogen-bond donors (Lipinski definition) is 1. The molecule has 0 spiro atoms. The first-order chi connectivity index (χ1) is 10.9. The van der Waals surface area contributed by atoms with Crippen molar-refractivity contribution in [3.8, 4) is 11.3 Å². The Labute approximate surface area is 137 Å². The lowest BCUT2D eigenvalue weighted by molar-refractivity contribution is 0.0794. The van der Waals surface area contributed by atoms with Crippen LogP contribution < -0.4 is 10.5 Å². The summed E-state index contributed by atoms with van der Waals surface area (Å²) in [5.74, 6) is 0. The minimum Gasteiger partial charge on any atom is -0.369 e. The molecule has 0 bridgehead atoms.